The first-order valence-corrected chi connectivity index (χ1v) is 5.49. The van der Waals surface area contributed by atoms with Gasteiger partial charge in [0.05, 0.1) is 18.9 Å². The SMILES string of the molecule is CC(OC1COC1)C(=O)Nc1ccccc1O. The molecule has 17 heavy (non-hydrogen) atoms. The van der Waals surface area contributed by atoms with Crippen molar-refractivity contribution in [3.05, 3.63) is 24.3 Å². The quantitative estimate of drug-likeness (QED) is 0.770. The summed E-state index contributed by atoms with van der Waals surface area (Å²) >= 11 is 0. The lowest BCUT2D eigenvalue weighted by atomic mass is 10.2. The van der Waals surface area contributed by atoms with Crippen molar-refractivity contribution in [2.75, 3.05) is 18.5 Å². The number of amides is 1. The van der Waals surface area contributed by atoms with Crippen LogP contribution in [0.4, 0.5) is 5.69 Å². The highest BCUT2D eigenvalue weighted by Crippen LogP contribution is 2.22. The Balaban J connectivity index is 1.89. The van der Waals surface area contributed by atoms with E-state index in [1.54, 1.807) is 25.1 Å². The van der Waals surface area contributed by atoms with Crippen LogP contribution < -0.4 is 5.32 Å². The first kappa shape index (κ1) is 11.9. The van der Waals surface area contributed by atoms with Gasteiger partial charge in [0.2, 0.25) is 0 Å². The van der Waals surface area contributed by atoms with Crippen LogP contribution in [0.15, 0.2) is 24.3 Å². The Labute approximate surface area is 99.3 Å². The number of aromatic hydroxyl groups is 1. The van der Waals surface area contributed by atoms with E-state index in [9.17, 15) is 9.90 Å². The van der Waals surface area contributed by atoms with Crippen LogP contribution in [-0.4, -0.2) is 36.4 Å². The molecule has 1 aromatic carbocycles. The number of anilines is 1. The third kappa shape index (κ3) is 2.95. The molecule has 0 aliphatic carbocycles. The molecule has 1 aromatic rings. The maximum Gasteiger partial charge on any atom is 0.253 e. The fourth-order valence-corrected chi connectivity index (χ4v) is 1.46. The first-order valence-electron chi connectivity index (χ1n) is 5.49. The number of benzene rings is 1. The third-order valence-electron chi connectivity index (χ3n) is 2.54. The largest absolute Gasteiger partial charge is 0.506 e. The fraction of sp³-hybridized carbons (Fsp3) is 0.417. The highest BCUT2D eigenvalue weighted by atomic mass is 16.6. The van der Waals surface area contributed by atoms with Crippen molar-refractivity contribution in [3.8, 4) is 5.75 Å². The van der Waals surface area contributed by atoms with Crippen LogP contribution in [0.3, 0.4) is 0 Å². The molecule has 1 amide bonds. The fourth-order valence-electron chi connectivity index (χ4n) is 1.46. The van der Waals surface area contributed by atoms with Crippen molar-refractivity contribution in [3.63, 3.8) is 0 Å². The molecule has 0 aromatic heterocycles. The number of phenolic OH excluding ortho intramolecular Hbond substituents is 1. The molecule has 1 atom stereocenters. The van der Waals surface area contributed by atoms with Gasteiger partial charge in [0.1, 0.15) is 18.0 Å². The molecule has 2 N–H and O–H groups in total. The topological polar surface area (TPSA) is 67.8 Å². The van der Waals surface area contributed by atoms with E-state index < -0.39 is 6.10 Å². The summed E-state index contributed by atoms with van der Waals surface area (Å²) in [6.45, 7) is 2.75. The van der Waals surface area contributed by atoms with Gasteiger partial charge < -0.3 is 19.9 Å². The Kier molecular flexibility index (Phi) is 3.61. The van der Waals surface area contributed by atoms with Crippen LogP contribution >= 0.6 is 0 Å². The molecule has 0 spiro atoms. The second-order valence-corrected chi connectivity index (χ2v) is 3.94. The Morgan fingerprint density at radius 3 is 2.82 bits per heavy atom. The van der Waals surface area contributed by atoms with E-state index in [-0.39, 0.29) is 17.8 Å². The highest BCUT2D eigenvalue weighted by molar-refractivity contribution is 5.95. The van der Waals surface area contributed by atoms with E-state index in [4.69, 9.17) is 9.47 Å². The minimum atomic E-state index is -0.566. The van der Waals surface area contributed by atoms with E-state index in [1.807, 2.05) is 0 Å². The van der Waals surface area contributed by atoms with E-state index in [0.29, 0.717) is 18.9 Å². The minimum Gasteiger partial charge on any atom is -0.506 e. The van der Waals surface area contributed by atoms with Crippen molar-refractivity contribution in [2.24, 2.45) is 0 Å². The molecule has 1 aliphatic rings. The molecule has 1 aliphatic heterocycles. The molecule has 5 heteroatoms. The standard InChI is InChI=1S/C12H15NO4/c1-8(17-9-6-16-7-9)12(15)13-10-4-2-3-5-11(10)14/h2-5,8-9,14H,6-7H2,1H3,(H,13,15). The second-order valence-electron chi connectivity index (χ2n) is 3.94. The average Bonchev–Trinajstić information content (AvgIpc) is 2.26. The van der Waals surface area contributed by atoms with Gasteiger partial charge in [-0.25, -0.2) is 0 Å². The van der Waals surface area contributed by atoms with Crippen LogP contribution in [0.2, 0.25) is 0 Å². The Morgan fingerprint density at radius 1 is 1.53 bits per heavy atom. The first-order chi connectivity index (χ1) is 8.16. The van der Waals surface area contributed by atoms with Gasteiger partial charge in [-0.05, 0) is 19.1 Å². The number of hydrogen-bond donors (Lipinski definition) is 2. The van der Waals surface area contributed by atoms with E-state index >= 15 is 0 Å². The number of carbonyl (C=O) groups excluding carboxylic acids is 1. The third-order valence-corrected chi connectivity index (χ3v) is 2.54. The molecule has 1 heterocycles. The average molecular weight is 237 g/mol. The number of para-hydroxylation sites is 2. The zero-order valence-corrected chi connectivity index (χ0v) is 9.55. The predicted octanol–water partition coefficient (Wildman–Crippen LogP) is 1.13. The van der Waals surface area contributed by atoms with Gasteiger partial charge in [-0.15, -0.1) is 0 Å². The molecule has 0 radical (unpaired) electrons. The van der Waals surface area contributed by atoms with Crippen LogP contribution in [0.5, 0.6) is 5.75 Å². The number of carbonyl (C=O) groups is 1. The summed E-state index contributed by atoms with van der Waals surface area (Å²) in [5.74, 6) is -0.238. The second kappa shape index (κ2) is 5.16. The number of rotatable bonds is 4. The van der Waals surface area contributed by atoms with Gasteiger partial charge in [0.25, 0.3) is 5.91 Å². The van der Waals surface area contributed by atoms with Gasteiger partial charge >= 0.3 is 0 Å². The molecule has 1 saturated heterocycles. The molecular formula is C12H15NO4. The molecule has 0 bridgehead atoms. The lowest BCUT2D eigenvalue weighted by Crippen LogP contribution is -2.41. The van der Waals surface area contributed by atoms with Gasteiger partial charge in [-0.3, -0.25) is 4.79 Å². The van der Waals surface area contributed by atoms with Crippen LogP contribution in [0, 0.1) is 0 Å². The molecule has 1 unspecified atom stereocenters. The van der Waals surface area contributed by atoms with Crippen molar-refractivity contribution >= 4 is 11.6 Å². The Morgan fingerprint density at radius 2 is 2.24 bits per heavy atom. The van der Waals surface area contributed by atoms with Crippen LogP contribution in [0.1, 0.15) is 6.92 Å². The summed E-state index contributed by atoms with van der Waals surface area (Å²) in [4.78, 5) is 11.8. The maximum absolute atomic E-state index is 11.8. The minimum absolute atomic E-state index is 0.000111. The lowest BCUT2D eigenvalue weighted by Gasteiger charge is -2.28. The summed E-state index contributed by atoms with van der Waals surface area (Å²) in [5.41, 5.74) is 0.387. The smallest absolute Gasteiger partial charge is 0.253 e. The summed E-state index contributed by atoms with van der Waals surface area (Å²) in [5, 5.41) is 12.1. The number of phenols is 1. The van der Waals surface area contributed by atoms with Crippen molar-refractivity contribution in [1.29, 1.82) is 0 Å². The van der Waals surface area contributed by atoms with E-state index in [2.05, 4.69) is 5.32 Å². The highest BCUT2D eigenvalue weighted by Gasteiger charge is 2.25. The maximum atomic E-state index is 11.8. The summed E-state index contributed by atoms with van der Waals surface area (Å²) in [6, 6.07) is 6.57. The monoisotopic (exact) mass is 237 g/mol. The normalized spacial score (nSPS) is 17.2. The molecular weight excluding hydrogens is 222 g/mol. The number of hydrogen-bond acceptors (Lipinski definition) is 4. The number of ether oxygens (including phenoxy) is 2. The molecule has 2 rings (SSSR count). The zero-order valence-electron chi connectivity index (χ0n) is 9.55. The Hall–Kier alpha value is -1.59. The summed E-state index contributed by atoms with van der Waals surface area (Å²) < 4.78 is 10.4. The lowest BCUT2D eigenvalue weighted by molar-refractivity contribution is -0.161. The molecule has 5 nitrogen and oxygen atoms in total. The predicted molar refractivity (Wildman–Crippen MR) is 61.9 cm³/mol. The van der Waals surface area contributed by atoms with Crippen LogP contribution in [0.25, 0.3) is 0 Å². The van der Waals surface area contributed by atoms with Crippen molar-refractivity contribution in [1.82, 2.24) is 0 Å². The Bertz CT molecular complexity index is 403. The van der Waals surface area contributed by atoms with E-state index in [0.717, 1.165) is 0 Å². The number of nitrogens with one attached hydrogen (secondary N) is 1. The molecule has 1 fully saturated rings. The van der Waals surface area contributed by atoms with Gasteiger partial charge in [0, 0.05) is 0 Å². The zero-order chi connectivity index (χ0) is 12.3. The van der Waals surface area contributed by atoms with Crippen molar-refractivity contribution in [2.45, 2.75) is 19.1 Å². The van der Waals surface area contributed by atoms with Gasteiger partial charge in [-0.2, -0.15) is 0 Å². The summed E-state index contributed by atoms with van der Waals surface area (Å²) in [6.07, 6.45) is -0.566. The van der Waals surface area contributed by atoms with Gasteiger partial charge in [-0.1, -0.05) is 12.1 Å². The van der Waals surface area contributed by atoms with Crippen LogP contribution in [-0.2, 0) is 14.3 Å². The van der Waals surface area contributed by atoms with Crippen molar-refractivity contribution < 1.29 is 19.4 Å². The summed E-state index contributed by atoms with van der Waals surface area (Å²) in [7, 11) is 0. The van der Waals surface area contributed by atoms with Gasteiger partial charge in [0.15, 0.2) is 0 Å². The molecule has 92 valence electrons. The molecule has 0 saturated carbocycles. The van der Waals surface area contributed by atoms with E-state index in [1.165, 1.54) is 6.07 Å².